The molecular formula is C23H18ClNO. The van der Waals surface area contributed by atoms with Crippen LogP contribution in [0.3, 0.4) is 0 Å². The number of nitrogens with one attached hydrogen (secondary N) is 1. The highest BCUT2D eigenvalue weighted by atomic mass is 35.5. The molecule has 5 rings (SSSR count). The number of fused-ring (bicyclic) bond motifs is 3. The van der Waals surface area contributed by atoms with Gasteiger partial charge in [0.1, 0.15) is 0 Å². The summed E-state index contributed by atoms with van der Waals surface area (Å²) in [4.78, 5) is 12.9. The molecule has 0 saturated carbocycles. The van der Waals surface area contributed by atoms with Gasteiger partial charge in [-0.25, -0.2) is 0 Å². The number of Topliss-reactive ketones (excluding diaryl/α,β-unsaturated/α-hetero) is 1. The van der Waals surface area contributed by atoms with Gasteiger partial charge >= 0.3 is 0 Å². The molecule has 1 N–H and O–H groups in total. The minimum absolute atomic E-state index is 0.0441. The predicted molar refractivity (Wildman–Crippen MR) is 107 cm³/mol. The van der Waals surface area contributed by atoms with Crippen molar-refractivity contribution in [3.8, 4) is 0 Å². The first-order chi connectivity index (χ1) is 12.7. The lowest BCUT2D eigenvalue weighted by atomic mass is 9.74. The van der Waals surface area contributed by atoms with Crippen molar-refractivity contribution in [2.75, 3.05) is 5.32 Å². The molecule has 2 nitrogen and oxygen atoms in total. The van der Waals surface area contributed by atoms with E-state index in [1.165, 1.54) is 16.3 Å². The molecule has 3 heteroatoms. The van der Waals surface area contributed by atoms with E-state index in [-0.39, 0.29) is 11.7 Å². The molecule has 26 heavy (non-hydrogen) atoms. The molecule has 2 aliphatic rings. The summed E-state index contributed by atoms with van der Waals surface area (Å²) in [5, 5.41) is 6.67. The van der Waals surface area contributed by atoms with E-state index in [1.807, 2.05) is 12.1 Å². The summed E-state index contributed by atoms with van der Waals surface area (Å²) in [7, 11) is 0. The van der Waals surface area contributed by atoms with Crippen molar-refractivity contribution < 1.29 is 4.79 Å². The zero-order valence-corrected chi connectivity index (χ0v) is 15.0. The van der Waals surface area contributed by atoms with E-state index in [9.17, 15) is 4.79 Å². The Morgan fingerprint density at radius 1 is 0.923 bits per heavy atom. The molecule has 0 amide bonds. The lowest BCUT2D eigenvalue weighted by Gasteiger charge is -2.35. The van der Waals surface area contributed by atoms with E-state index in [1.54, 1.807) is 0 Å². The van der Waals surface area contributed by atoms with Crippen molar-refractivity contribution in [2.45, 2.75) is 25.2 Å². The summed E-state index contributed by atoms with van der Waals surface area (Å²) >= 11 is 6.12. The van der Waals surface area contributed by atoms with Gasteiger partial charge in [-0.1, -0.05) is 54.1 Å². The number of ketones is 1. The second kappa shape index (κ2) is 6.00. The molecule has 0 fully saturated rings. The topological polar surface area (TPSA) is 29.1 Å². The van der Waals surface area contributed by atoms with Gasteiger partial charge in [-0.15, -0.1) is 0 Å². The molecule has 3 aromatic rings. The summed E-state index contributed by atoms with van der Waals surface area (Å²) in [6.45, 7) is 0. The third-order valence-electron chi connectivity index (χ3n) is 5.49. The Bertz CT molecular complexity index is 1070. The van der Waals surface area contributed by atoms with Gasteiger partial charge in [-0.3, -0.25) is 4.79 Å². The highest BCUT2D eigenvalue weighted by Crippen LogP contribution is 2.47. The number of rotatable bonds is 1. The van der Waals surface area contributed by atoms with Crippen molar-refractivity contribution in [1.82, 2.24) is 0 Å². The lowest BCUT2D eigenvalue weighted by Crippen LogP contribution is -2.27. The van der Waals surface area contributed by atoms with E-state index in [4.69, 9.17) is 11.6 Å². The summed E-state index contributed by atoms with van der Waals surface area (Å²) < 4.78 is 0. The Labute approximate surface area is 157 Å². The van der Waals surface area contributed by atoms with Crippen LogP contribution in [0.25, 0.3) is 10.8 Å². The standard InChI is InChI=1S/C23H18ClNO/c24-16-11-8-15(9-12-16)21-22-17-5-2-1-4-14(17)10-13-19(22)25-18-6-3-7-20(26)23(18)21/h1-2,4-5,8-13,21,25H,3,6-7H2. The molecule has 1 aliphatic carbocycles. The molecule has 1 heterocycles. The normalized spacial score (nSPS) is 19.1. The Balaban J connectivity index is 1.83. The number of halogens is 1. The zero-order chi connectivity index (χ0) is 17.7. The SMILES string of the molecule is O=C1CCCC2=C1C(c1ccc(Cl)cc1)c1c(ccc3ccccc13)N2. The van der Waals surface area contributed by atoms with E-state index in [2.05, 4.69) is 53.8 Å². The number of allylic oxidation sites excluding steroid dienone is 2. The molecular weight excluding hydrogens is 342 g/mol. The fourth-order valence-corrected chi connectivity index (χ4v) is 4.47. The average Bonchev–Trinajstić information content (AvgIpc) is 2.67. The molecule has 0 aromatic heterocycles. The van der Waals surface area contributed by atoms with E-state index in [0.29, 0.717) is 11.4 Å². The highest BCUT2D eigenvalue weighted by Gasteiger charge is 2.35. The van der Waals surface area contributed by atoms with Gasteiger partial charge in [0.15, 0.2) is 5.78 Å². The highest BCUT2D eigenvalue weighted by molar-refractivity contribution is 6.30. The van der Waals surface area contributed by atoms with E-state index < -0.39 is 0 Å². The molecule has 1 atom stereocenters. The maximum atomic E-state index is 12.9. The molecule has 1 unspecified atom stereocenters. The van der Waals surface area contributed by atoms with E-state index >= 15 is 0 Å². The third-order valence-corrected chi connectivity index (χ3v) is 5.75. The zero-order valence-electron chi connectivity index (χ0n) is 14.3. The number of hydrogen-bond donors (Lipinski definition) is 1. The quantitative estimate of drug-likeness (QED) is 0.572. The van der Waals surface area contributed by atoms with Gasteiger partial charge in [0, 0.05) is 34.3 Å². The predicted octanol–water partition coefficient (Wildman–Crippen LogP) is 6.06. The fraction of sp³-hybridized carbons (Fsp3) is 0.174. The van der Waals surface area contributed by atoms with Crippen LogP contribution in [0.1, 0.15) is 36.3 Å². The largest absolute Gasteiger partial charge is 0.358 e. The summed E-state index contributed by atoms with van der Waals surface area (Å²) in [5.74, 6) is 0.217. The summed E-state index contributed by atoms with van der Waals surface area (Å²) in [5.41, 5.74) is 5.44. The Morgan fingerprint density at radius 3 is 2.58 bits per heavy atom. The Morgan fingerprint density at radius 2 is 1.73 bits per heavy atom. The smallest absolute Gasteiger partial charge is 0.161 e. The summed E-state index contributed by atoms with van der Waals surface area (Å²) in [6, 6.07) is 20.6. The van der Waals surface area contributed by atoms with Crippen molar-refractivity contribution in [2.24, 2.45) is 0 Å². The van der Waals surface area contributed by atoms with Gasteiger partial charge in [0.05, 0.1) is 0 Å². The maximum absolute atomic E-state index is 12.9. The first-order valence-electron chi connectivity index (χ1n) is 9.03. The first-order valence-corrected chi connectivity index (χ1v) is 9.40. The minimum atomic E-state index is -0.0441. The molecule has 0 spiro atoms. The molecule has 128 valence electrons. The van der Waals surface area contributed by atoms with Crippen molar-refractivity contribution in [3.63, 3.8) is 0 Å². The number of anilines is 1. The van der Waals surface area contributed by atoms with Crippen molar-refractivity contribution >= 4 is 33.8 Å². The Kier molecular flexibility index (Phi) is 3.61. The van der Waals surface area contributed by atoms with Crippen LogP contribution in [-0.2, 0) is 4.79 Å². The maximum Gasteiger partial charge on any atom is 0.161 e. The molecule has 0 bridgehead atoms. The lowest BCUT2D eigenvalue weighted by molar-refractivity contribution is -0.116. The van der Waals surface area contributed by atoms with Gasteiger partial charge in [0.2, 0.25) is 0 Å². The van der Waals surface area contributed by atoms with Crippen molar-refractivity contribution in [3.05, 3.63) is 88.1 Å². The van der Waals surface area contributed by atoms with Crippen LogP contribution in [0.2, 0.25) is 5.02 Å². The average molecular weight is 360 g/mol. The van der Waals surface area contributed by atoms with Gasteiger partial charge < -0.3 is 5.32 Å². The van der Waals surface area contributed by atoms with Crippen LogP contribution < -0.4 is 5.32 Å². The van der Waals surface area contributed by atoms with E-state index in [0.717, 1.165) is 35.4 Å². The van der Waals surface area contributed by atoms with Crippen molar-refractivity contribution in [1.29, 1.82) is 0 Å². The number of hydrogen-bond acceptors (Lipinski definition) is 2. The number of carbonyl (C=O) groups excluding carboxylic acids is 1. The van der Waals surface area contributed by atoms with Crippen LogP contribution in [0.15, 0.2) is 71.9 Å². The second-order valence-corrected chi connectivity index (χ2v) is 7.46. The number of carbonyl (C=O) groups is 1. The minimum Gasteiger partial charge on any atom is -0.358 e. The number of benzene rings is 3. The molecule has 0 saturated heterocycles. The molecule has 3 aromatic carbocycles. The second-order valence-electron chi connectivity index (χ2n) is 7.03. The van der Waals surface area contributed by atoms with Gasteiger partial charge in [0.25, 0.3) is 0 Å². The van der Waals surface area contributed by atoms with Crippen LogP contribution in [0.4, 0.5) is 5.69 Å². The van der Waals surface area contributed by atoms with Crippen LogP contribution >= 0.6 is 11.6 Å². The van der Waals surface area contributed by atoms with Crippen LogP contribution in [0.5, 0.6) is 0 Å². The molecule has 0 radical (unpaired) electrons. The van der Waals surface area contributed by atoms with Crippen LogP contribution in [-0.4, -0.2) is 5.78 Å². The van der Waals surface area contributed by atoms with Gasteiger partial charge in [-0.2, -0.15) is 0 Å². The van der Waals surface area contributed by atoms with Gasteiger partial charge in [-0.05, 0) is 52.9 Å². The first kappa shape index (κ1) is 15.7. The Hall–Kier alpha value is -2.58. The van der Waals surface area contributed by atoms with Crippen LogP contribution in [0, 0.1) is 0 Å². The monoisotopic (exact) mass is 359 g/mol. The fourth-order valence-electron chi connectivity index (χ4n) is 4.34. The summed E-state index contributed by atoms with van der Waals surface area (Å²) in [6.07, 6.45) is 2.48. The third kappa shape index (κ3) is 2.37. The molecule has 1 aliphatic heterocycles.